The largest absolute Gasteiger partial charge is 0.342 e. The zero-order chi connectivity index (χ0) is 13.8. The number of rotatable bonds is 3. The van der Waals surface area contributed by atoms with Crippen LogP contribution in [0, 0.1) is 13.8 Å². The SMILES string of the molecule is Cc1ccc(CC(=O)N(C)C2CCCCC2)cc1C. The molecule has 0 spiro atoms. The molecule has 1 aliphatic carbocycles. The van der Waals surface area contributed by atoms with Gasteiger partial charge in [-0.05, 0) is 43.4 Å². The predicted octanol–water partition coefficient (Wildman–Crippen LogP) is 3.64. The van der Waals surface area contributed by atoms with Crippen LogP contribution in [0.4, 0.5) is 0 Å². The number of hydrogen-bond acceptors (Lipinski definition) is 1. The number of amides is 1. The Balaban J connectivity index is 1.97. The minimum Gasteiger partial charge on any atom is -0.342 e. The summed E-state index contributed by atoms with van der Waals surface area (Å²) in [6.07, 6.45) is 6.76. The maximum atomic E-state index is 12.3. The first kappa shape index (κ1) is 14.1. The van der Waals surface area contributed by atoms with Gasteiger partial charge < -0.3 is 4.90 Å². The Labute approximate surface area is 116 Å². The lowest BCUT2D eigenvalue weighted by molar-refractivity contribution is -0.131. The van der Waals surface area contributed by atoms with E-state index in [9.17, 15) is 4.79 Å². The number of carbonyl (C=O) groups excluding carboxylic acids is 1. The minimum atomic E-state index is 0.259. The van der Waals surface area contributed by atoms with Crippen LogP contribution < -0.4 is 0 Å². The van der Waals surface area contributed by atoms with Crippen molar-refractivity contribution in [2.45, 2.75) is 58.4 Å². The van der Waals surface area contributed by atoms with Crippen LogP contribution in [0.1, 0.15) is 48.8 Å². The van der Waals surface area contributed by atoms with Crippen molar-refractivity contribution in [1.29, 1.82) is 0 Å². The Morgan fingerprint density at radius 1 is 1.16 bits per heavy atom. The van der Waals surface area contributed by atoms with E-state index in [0.29, 0.717) is 12.5 Å². The van der Waals surface area contributed by atoms with Gasteiger partial charge in [0.25, 0.3) is 0 Å². The van der Waals surface area contributed by atoms with Crippen molar-refractivity contribution in [2.24, 2.45) is 0 Å². The van der Waals surface area contributed by atoms with Gasteiger partial charge in [0.2, 0.25) is 5.91 Å². The normalized spacial score (nSPS) is 16.4. The van der Waals surface area contributed by atoms with Crippen molar-refractivity contribution in [3.63, 3.8) is 0 Å². The topological polar surface area (TPSA) is 20.3 Å². The lowest BCUT2D eigenvalue weighted by Crippen LogP contribution is -2.39. The average Bonchev–Trinajstić information content (AvgIpc) is 2.43. The van der Waals surface area contributed by atoms with Crippen molar-refractivity contribution >= 4 is 5.91 Å². The standard InChI is InChI=1S/C17H25NO/c1-13-9-10-15(11-14(13)2)12-17(19)18(3)16-7-5-4-6-8-16/h9-11,16H,4-8,12H2,1-3H3. The van der Waals surface area contributed by atoms with Gasteiger partial charge in [-0.2, -0.15) is 0 Å². The lowest BCUT2D eigenvalue weighted by Gasteiger charge is -2.31. The van der Waals surface area contributed by atoms with Crippen LogP contribution in [-0.2, 0) is 11.2 Å². The smallest absolute Gasteiger partial charge is 0.226 e. The Hall–Kier alpha value is -1.31. The number of carbonyl (C=O) groups is 1. The summed E-state index contributed by atoms with van der Waals surface area (Å²) in [5, 5.41) is 0. The van der Waals surface area contributed by atoms with Gasteiger partial charge in [-0.25, -0.2) is 0 Å². The van der Waals surface area contributed by atoms with Crippen LogP contribution in [0.25, 0.3) is 0 Å². The Kier molecular flexibility index (Phi) is 4.62. The van der Waals surface area contributed by atoms with Gasteiger partial charge in [0.05, 0.1) is 6.42 Å². The van der Waals surface area contributed by atoms with Crippen LogP contribution in [-0.4, -0.2) is 23.9 Å². The molecule has 0 aliphatic heterocycles. The van der Waals surface area contributed by atoms with Crippen LogP contribution in [0.3, 0.4) is 0 Å². The summed E-state index contributed by atoms with van der Waals surface area (Å²) in [5.41, 5.74) is 3.69. The molecular formula is C17H25NO. The third-order valence-electron chi connectivity index (χ3n) is 4.44. The molecule has 0 saturated heterocycles. The highest BCUT2D eigenvalue weighted by molar-refractivity contribution is 5.78. The van der Waals surface area contributed by atoms with E-state index in [1.807, 2.05) is 11.9 Å². The van der Waals surface area contributed by atoms with Gasteiger partial charge in [0, 0.05) is 13.1 Å². The van der Waals surface area contributed by atoms with E-state index in [0.717, 1.165) is 5.56 Å². The van der Waals surface area contributed by atoms with Gasteiger partial charge in [0.15, 0.2) is 0 Å². The molecular weight excluding hydrogens is 234 g/mol. The molecule has 19 heavy (non-hydrogen) atoms. The fraction of sp³-hybridized carbons (Fsp3) is 0.588. The maximum Gasteiger partial charge on any atom is 0.226 e. The summed E-state index contributed by atoms with van der Waals surface area (Å²) in [6.45, 7) is 4.21. The van der Waals surface area contributed by atoms with E-state index >= 15 is 0 Å². The zero-order valence-corrected chi connectivity index (χ0v) is 12.4. The van der Waals surface area contributed by atoms with E-state index in [1.54, 1.807) is 0 Å². The lowest BCUT2D eigenvalue weighted by atomic mass is 9.94. The molecule has 0 bridgehead atoms. The molecule has 1 saturated carbocycles. The molecule has 0 unspecified atom stereocenters. The molecule has 1 aliphatic rings. The summed E-state index contributed by atoms with van der Waals surface area (Å²) in [7, 11) is 1.97. The first-order valence-corrected chi connectivity index (χ1v) is 7.39. The molecule has 104 valence electrons. The van der Waals surface area contributed by atoms with Crippen LogP contribution in [0.2, 0.25) is 0 Å². The predicted molar refractivity (Wildman–Crippen MR) is 79.3 cm³/mol. The van der Waals surface area contributed by atoms with Gasteiger partial charge in [-0.1, -0.05) is 37.5 Å². The number of likely N-dealkylation sites (N-methyl/N-ethyl adjacent to an activating group) is 1. The van der Waals surface area contributed by atoms with Gasteiger partial charge in [-0.3, -0.25) is 4.79 Å². The summed E-state index contributed by atoms with van der Waals surface area (Å²) >= 11 is 0. The second-order valence-corrected chi connectivity index (χ2v) is 5.89. The van der Waals surface area contributed by atoms with E-state index in [4.69, 9.17) is 0 Å². The van der Waals surface area contributed by atoms with Crippen molar-refractivity contribution in [3.8, 4) is 0 Å². The van der Waals surface area contributed by atoms with Crippen molar-refractivity contribution in [3.05, 3.63) is 34.9 Å². The third kappa shape index (κ3) is 3.59. The molecule has 0 aromatic heterocycles. The molecule has 2 nitrogen and oxygen atoms in total. The van der Waals surface area contributed by atoms with Gasteiger partial charge in [0.1, 0.15) is 0 Å². The molecule has 0 heterocycles. The molecule has 0 atom stereocenters. The zero-order valence-electron chi connectivity index (χ0n) is 12.4. The quantitative estimate of drug-likeness (QED) is 0.811. The summed E-state index contributed by atoms with van der Waals surface area (Å²) in [5.74, 6) is 0.259. The fourth-order valence-electron chi connectivity index (χ4n) is 2.88. The Bertz CT molecular complexity index is 447. The number of nitrogens with zero attached hydrogens (tertiary/aromatic N) is 1. The van der Waals surface area contributed by atoms with Gasteiger partial charge >= 0.3 is 0 Å². The second kappa shape index (κ2) is 6.23. The van der Waals surface area contributed by atoms with Crippen LogP contribution >= 0.6 is 0 Å². The summed E-state index contributed by atoms with van der Waals surface area (Å²) in [4.78, 5) is 14.3. The van der Waals surface area contributed by atoms with Crippen molar-refractivity contribution < 1.29 is 4.79 Å². The molecule has 0 radical (unpaired) electrons. The van der Waals surface area contributed by atoms with E-state index in [-0.39, 0.29) is 5.91 Å². The molecule has 1 amide bonds. The van der Waals surface area contributed by atoms with Crippen LogP contribution in [0.15, 0.2) is 18.2 Å². The monoisotopic (exact) mass is 259 g/mol. The average molecular weight is 259 g/mol. The number of benzene rings is 1. The minimum absolute atomic E-state index is 0.259. The van der Waals surface area contributed by atoms with Gasteiger partial charge in [-0.15, -0.1) is 0 Å². The maximum absolute atomic E-state index is 12.3. The van der Waals surface area contributed by atoms with Crippen LogP contribution in [0.5, 0.6) is 0 Å². The Morgan fingerprint density at radius 2 is 1.84 bits per heavy atom. The fourth-order valence-corrected chi connectivity index (χ4v) is 2.88. The number of hydrogen-bond donors (Lipinski definition) is 0. The Morgan fingerprint density at radius 3 is 2.47 bits per heavy atom. The first-order chi connectivity index (χ1) is 9.08. The number of aryl methyl sites for hydroxylation is 2. The third-order valence-corrected chi connectivity index (χ3v) is 4.44. The second-order valence-electron chi connectivity index (χ2n) is 5.89. The molecule has 1 aromatic rings. The molecule has 2 heteroatoms. The highest BCUT2D eigenvalue weighted by Crippen LogP contribution is 2.22. The van der Waals surface area contributed by atoms with Crippen molar-refractivity contribution in [1.82, 2.24) is 4.90 Å². The highest BCUT2D eigenvalue weighted by Gasteiger charge is 2.21. The summed E-state index contributed by atoms with van der Waals surface area (Å²) in [6, 6.07) is 6.79. The van der Waals surface area contributed by atoms with E-state index in [1.165, 1.54) is 43.2 Å². The molecule has 2 rings (SSSR count). The molecule has 0 N–H and O–H groups in total. The first-order valence-electron chi connectivity index (χ1n) is 7.39. The van der Waals surface area contributed by atoms with Crippen molar-refractivity contribution in [2.75, 3.05) is 7.05 Å². The van der Waals surface area contributed by atoms with E-state index < -0.39 is 0 Å². The van der Waals surface area contributed by atoms with E-state index in [2.05, 4.69) is 32.0 Å². The highest BCUT2D eigenvalue weighted by atomic mass is 16.2. The molecule has 1 aromatic carbocycles. The molecule has 1 fully saturated rings. The summed E-state index contributed by atoms with van der Waals surface area (Å²) < 4.78 is 0.